The first-order valence-corrected chi connectivity index (χ1v) is 33.0. The number of hydrogen-bond acceptors (Lipinski definition) is 4. The lowest BCUT2D eigenvalue weighted by molar-refractivity contribution is -0.137. The SMILES string of the molecule is Cc1ccc([S+]2c3ccccc3Oc3ccccc32)cc1.O=c1c2ccccc2[s+](-c2ccccc2)c2ccc(C(F)(F)F)cc12.O=c1c2ccccc2[s+](-c2ccccc2)c2ccccc12.c1ccc([S+]2c3ccccc3Oc3ccccc32)cc1. The molecule has 14 aromatic rings. The van der Waals surface area contributed by atoms with Crippen LogP contribution in [0.25, 0.3) is 50.1 Å². The van der Waals surface area contributed by atoms with Gasteiger partial charge in [-0.15, -0.1) is 0 Å². The van der Waals surface area contributed by atoms with Gasteiger partial charge in [0.25, 0.3) is 0 Å². The highest BCUT2D eigenvalue weighted by atomic mass is 32.2. The van der Waals surface area contributed by atoms with Crippen LogP contribution in [-0.2, 0) is 28.0 Å². The average Bonchev–Trinajstić information content (AvgIpc) is 3.61. The third kappa shape index (κ3) is 11.5. The van der Waals surface area contributed by atoms with E-state index in [1.54, 1.807) is 12.1 Å². The van der Waals surface area contributed by atoms with E-state index in [0.717, 1.165) is 64.9 Å². The van der Waals surface area contributed by atoms with Gasteiger partial charge in [0.15, 0.2) is 61.4 Å². The maximum absolute atomic E-state index is 13.1. The Kier molecular flexibility index (Phi) is 16.2. The molecule has 87 heavy (non-hydrogen) atoms. The van der Waals surface area contributed by atoms with Gasteiger partial charge >= 0.3 is 6.18 Å². The van der Waals surface area contributed by atoms with Crippen LogP contribution in [-0.4, -0.2) is 0 Å². The van der Waals surface area contributed by atoms with Gasteiger partial charge in [-0.25, -0.2) is 0 Å². The molecule has 0 bridgehead atoms. The van der Waals surface area contributed by atoms with Gasteiger partial charge in [-0.05, 0) is 159 Å². The maximum atomic E-state index is 13.1. The molecule has 422 valence electrons. The van der Waals surface area contributed by atoms with Gasteiger partial charge in [-0.3, -0.25) is 9.59 Å². The summed E-state index contributed by atoms with van der Waals surface area (Å²) < 4.78 is 55.1. The van der Waals surface area contributed by atoms with Crippen molar-refractivity contribution in [2.75, 3.05) is 0 Å². The zero-order chi connectivity index (χ0) is 59.4. The van der Waals surface area contributed by atoms with Gasteiger partial charge < -0.3 is 9.47 Å². The third-order valence-corrected chi connectivity index (χ3v) is 24.0. The number of halogens is 3. The molecule has 0 amide bonds. The lowest BCUT2D eigenvalue weighted by Crippen LogP contribution is -2.12. The van der Waals surface area contributed by atoms with Crippen LogP contribution in [0.4, 0.5) is 13.2 Å². The molecule has 0 saturated carbocycles. The van der Waals surface area contributed by atoms with Crippen LogP contribution in [0.1, 0.15) is 11.1 Å². The summed E-state index contributed by atoms with van der Waals surface area (Å²) in [6, 6.07) is 99.4. The Bertz CT molecular complexity index is 4790. The number of ether oxygens (including phenoxy) is 2. The number of benzene rings is 12. The highest BCUT2D eigenvalue weighted by Gasteiger charge is 2.40. The van der Waals surface area contributed by atoms with Crippen LogP contribution in [0.15, 0.2) is 342 Å². The first-order valence-electron chi connectivity index (χ1n) is 28.1. The van der Waals surface area contributed by atoms with Crippen LogP contribution in [0.3, 0.4) is 0 Å². The van der Waals surface area contributed by atoms with Crippen molar-refractivity contribution in [3.05, 3.63) is 335 Å². The minimum Gasteiger partial charge on any atom is -0.447 e. The molecule has 2 aromatic heterocycles. The quantitative estimate of drug-likeness (QED) is 0.130. The molecular formula is C76H53F3O4S4+4. The Labute approximate surface area is 512 Å². The smallest absolute Gasteiger partial charge is 0.416 e. The van der Waals surface area contributed by atoms with Crippen LogP contribution in [0.5, 0.6) is 23.0 Å². The van der Waals surface area contributed by atoms with E-state index >= 15 is 0 Å². The molecule has 0 aliphatic carbocycles. The first kappa shape index (κ1) is 56.6. The van der Waals surface area contributed by atoms with Gasteiger partial charge in [-0.1, -0.05) is 157 Å². The van der Waals surface area contributed by atoms with Gasteiger partial charge in [0.1, 0.15) is 21.8 Å². The molecule has 4 nitrogen and oxygen atoms in total. The molecule has 0 saturated heterocycles. The number of hydrogen-bond donors (Lipinski definition) is 0. The Morgan fingerprint density at radius 3 is 0.977 bits per heavy atom. The highest BCUT2D eigenvalue weighted by Crippen LogP contribution is 2.49. The summed E-state index contributed by atoms with van der Waals surface area (Å²) in [7, 11) is -0.975. The normalized spacial score (nSPS) is 12.5. The molecule has 11 heteroatoms. The van der Waals surface area contributed by atoms with Crippen molar-refractivity contribution >= 4 is 83.1 Å². The number of fused-ring (bicyclic) bond motifs is 8. The zero-order valence-electron chi connectivity index (χ0n) is 46.8. The summed E-state index contributed by atoms with van der Waals surface area (Å²) >= 11 is 0. The Balaban J connectivity index is 0.000000108. The standard InChI is InChI=1S/C20H12F3OS.C19H15OS.C19H13OS.C18H13OS/c21-20(22,23)13-10-11-18-16(12-13)19(24)15-8-4-5-9-17(15)25(18)14-6-2-1-3-7-14;1-14-10-12-15(13-11-14)21-18-8-4-2-6-16(18)20-17-7-3-5-9-19(17)21;20-19-15-10-4-6-12-17(15)21(14-8-2-1-3-9-14)18-13-7-5-11-16(18)19;1-2-8-14(9-3-1)20-17-12-6-4-10-15(17)19-16-11-5-7-13-18(16)20/h1-12H;2-13H,1H3;1-13H;1-13H/q4*+1. The summed E-state index contributed by atoms with van der Waals surface area (Å²) in [6.07, 6.45) is -4.47. The molecule has 1 atom stereocenters. The summed E-state index contributed by atoms with van der Waals surface area (Å²) in [6.45, 7) is 2.12. The lowest BCUT2D eigenvalue weighted by Gasteiger charge is -2.19. The summed E-state index contributed by atoms with van der Waals surface area (Å²) in [5.41, 5.74) is 0.282. The predicted molar refractivity (Wildman–Crippen MR) is 356 cm³/mol. The van der Waals surface area contributed by atoms with E-state index in [4.69, 9.17) is 9.47 Å². The molecule has 0 radical (unpaired) electrons. The van der Waals surface area contributed by atoms with Crippen molar-refractivity contribution < 1.29 is 22.6 Å². The minimum absolute atomic E-state index is 0.0829. The molecule has 2 aliphatic heterocycles. The summed E-state index contributed by atoms with van der Waals surface area (Å²) in [5.74, 6) is 3.89. The molecule has 0 spiro atoms. The Morgan fingerprint density at radius 2 is 0.598 bits per heavy atom. The first-order chi connectivity index (χ1) is 42.6. The number of aryl methyl sites for hydroxylation is 1. The van der Waals surface area contributed by atoms with E-state index in [9.17, 15) is 22.8 Å². The Hall–Kier alpha value is -9.49. The fourth-order valence-electron chi connectivity index (χ4n) is 10.7. The summed E-state index contributed by atoms with van der Waals surface area (Å²) in [5, 5.41) is 2.29. The number of rotatable bonds is 4. The summed E-state index contributed by atoms with van der Waals surface area (Å²) in [4.78, 5) is 35.4. The topological polar surface area (TPSA) is 52.6 Å². The van der Waals surface area contributed by atoms with Gasteiger partial charge in [0.2, 0.25) is 30.4 Å². The predicted octanol–water partition coefficient (Wildman–Crippen LogP) is 21.3. The van der Waals surface area contributed by atoms with E-state index in [1.165, 1.54) is 45.9 Å². The van der Waals surface area contributed by atoms with Gasteiger partial charge in [-0.2, -0.15) is 13.2 Å². The Morgan fingerprint density at radius 1 is 0.299 bits per heavy atom. The largest absolute Gasteiger partial charge is 0.447 e. The molecule has 0 N–H and O–H groups in total. The zero-order valence-corrected chi connectivity index (χ0v) is 50.0. The van der Waals surface area contributed by atoms with Crippen molar-refractivity contribution in [2.24, 2.45) is 0 Å². The average molecular weight is 1220 g/mol. The fourth-order valence-corrected chi connectivity index (χ4v) is 19.9. The van der Waals surface area contributed by atoms with Crippen molar-refractivity contribution in [2.45, 2.75) is 42.5 Å². The molecule has 4 heterocycles. The van der Waals surface area contributed by atoms with Crippen molar-refractivity contribution in [3.8, 4) is 32.8 Å². The molecule has 2 aliphatic rings. The van der Waals surface area contributed by atoms with E-state index in [2.05, 4.69) is 159 Å². The number of para-hydroxylation sites is 4. The van der Waals surface area contributed by atoms with Crippen LogP contribution >= 0.6 is 20.9 Å². The second-order valence-corrected chi connectivity index (χ2v) is 28.2. The van der Waals surface area contributed by atoms with Crippen molar-refractivity contribution in [1.82, 2.24) is 0 Å². The second-order valence-electron chi connectivity index (χ2n) is 20.3. The van der Waals surface area contributed by atoms with E-state index in [1.807, 2.05) is 121 Å². The van der Waals surface area contributed by atoms with Gasteiger partial charge in [0, 0.05) is 20.9 Å². The minimum atomic E-state index is -4.47. The van der Waals surface area contributed by atoms with Crippen LogP contribution < -0.4 is 20.3 Å². The third-order valence-electron chi connectivity index (χ3n) is 14.7. The fraction of sp³-hybridized carbons (Fsp3) is 0.0263. The molecule has 1 unspecified atom stereocenters. The van der Waals surface area contributed by atoms with Crippen molar-refractivity contribution in [3.63, 3.8) is 0 Å². The number of alkyl halides is 3. The van der Waals surface area contributed by atoms with Crippen LogP contribution in [0, 0.1) is 6.92 Å². The second kappa shape index (κ2) is 24.8. The van der Waals surface area contributed by atoms with E-state index in [0.29, 0.717) is 10.1 Å². The van der Waals surface area contributed by atoms with E-state index < -0.39 is 22.2 Å². The van der Waals surface area contributed by atoms with E-state index in [-0.39, 0.29) is 48.5 Å². The lowest BCUT2D eigenvalue weighted by atomic mass is 10.1. The highest BCUT2D eigenvalue weighted by molar-refractivity contribution is 7.97. The van der Waals surface area contributed by atoms with Crippen molar-refractivity contribution in [1.29, 1.82) is 0 Å². The maximum Gasteiger partial charge on any atom is 0.416 e. The monoisotopic (exact) mass is 1210 g/mol. The van der Waals surface area contributed by atoms with Gasteiger partial charge in [0.05, 0.1) is 27.1 Å². The molecule has 12 aromatic carbocycles. The van der Waals surface area contributed by atoms with Crippen LogP contribution in [0.2, 0.25) is 0 Å². The molecule has 16 rings (SSSR count). The molecular weight excluding hydrogens is 1160 g/mol. The molecule has 0 fully saturated rings.